The van der Waals surface area contributed by atoms with Gasteiger partial charge < -0.3 is 5.32 Å². The second-order valence-electron chi connectivity index (χ2n) is 5.11. The highest BCUT2D eigenvalue weighted by molar-refractivity contribution is 7.12. The molecule has 0 radical (unpaired) electrons. The van der Waals surface area contributed by atoms with E-state index in [1.165, 1.54) is 23.5 Å². The number of carbonyl (C=O) groups is 2. The highest BCUT2D eigenvalue weighted by atomic mass is 35.5. The molecule has 4 nitrogen and oxygen atoms in total. The number of nitrogens with zero attached hydrogens (tertiary/aromatic N) is 1. The van der Waals surface area contributed by atoms with E-state index >= 15 is 0 Å². The number of nitriles is 1. The summed E-state index contributed by atoms with van der Waals surface area (Å²) in [4.78, 5) is 25.8. The fourth-order valence-electron chi connectivity index (χ4n) is 2.30. The zero-order valence-corrected chi connectivity index (χ0v) is 14.4. The Hall–Kier alpha value is -2.94. The summed E-state index contributed by atoms with van der Waals surface area (Å²) in [6.45, 7) is 0. The van der Waals surface area contributed by atoms with Gasteiger partial charge >= 0.3 is 0 Å². The molecule has 25 heavy (non-hydrogen) atoms. The molecule has 122 valence electrons. The Morgan fingerprint density at radius 1 is 1.04 bits per heavy atom. The quantitative estimate of drug-likeness (QED) is 0.677. The van der Waals surface area contributed by atoms with Crippen LogP contribution in [0.4, 0.5) is 5.69 Å². The SMILES string of the molecule is N#Cc1ccc(NC(=O)c2ccccc2C(=O)c2cccs2)cc1Cl. The van der Waals surface area contributed by atoms with E-state index in [0.29, 0.717) is 21.7 Å². The number of nitrogens with one attached hydrogen (secondary N) is 1. The van der Waals surface area contributed by atoms with Crippen molar-refractivity contribution in [3.05, 3.63) is 86.6 Å². The molecule has 0 aliphatic carbocycles. The van der Waals surface area contributed by atoms with Crippen LogP contribution in [-0.2, 0) is 0 Å². The van der Waals surface area contributed by atoms with Crippen LogP contribution in [0.1, 0.15) is 31.2 Å². The Kier molecular flexibility index (Phi) is 4.94. The fourth-order valence-corrected chi connectivity index (χ4v) is 3.20. The second kappa shape index (κ2) is 7.31. The van der Waals surface area contributed by atoms with E-state index in [9.17, 15) is 9.59 Å². The zero-order chi connectivity index (χ0) is 17.8. The number of rotatable bonds is 4. The van der Waals surface area contributed by atoms with E-state index in [-0.39, 0.29) is 16.4 Å². The van der Waals surface area contributed by atoms with Crippen LogP contribution in [0, 0.1) is 11.3 Å². The van der Waals surface area contributed by atoms with Crippen molar-refractivity contribution in [2.24, 2.45) is 0 Å². The number of anilines is 1. The Morgan fingerprint density at radius 2 is 1.80 bits per heavy atom. The third kappa shape index (κ3) is 3.61. The lowest BCUT2D eigenvalue weighted by Crippen LogP contribution is -2.16. The van der Waals surface area contributed by atoms with E-state index < -0.39 is 5.91 Å². The molecule has 6 heteroatoms. The summed E-state index contributed by atoms with van der Waals surface area (Å²) in [5.74, 6) is -0.611. The van der Waals surface area contributed by atoms with Crippen molar-refractivity contribution in [2.75, 3.05) is 5.32 Å². The molecule has 2 aromatic carbocycles. The minimum atomic E-state index is -0.415. The topological polar surface area (TPSA) is 70.0 Å². The van der Waals surface area contributed by atoms with E-state index in [2.05, 4.69) is 5.32 Å². The van der Waals surface area contributed by atoms with Crippen LogP contribution in [0.3, 0.4) is 0 Å². The second-order valence-corrected chi connectivity index (χ2v) is 6.47. The summed E-state index contributed by atoms with van der Waals surface area (Å²) in [5, 5.41) is 13.7. The lowest BCUT2D eigenvalue weighted by Gasteiger charge is -2.09. The zero-order valence-electron chi connectivity index (χ0n) is 12.8. The van der Waals surface area contributed by atoms with Gasteiger partial charge in [-0.2, -0.15) is 5.26 Å². The lowest BCUT2D eigenvalue weighted by atomic mass is 10.0. The summed E-state index contributed by atoms with van der Waals surface area (Å²) in [7, 11) is 0. The number of thiophene rings is 1. The normalized spacial score (nSPS) is 10.1. The fraction of sp³-hybridized carbons (Fsp3) is 0. The number of carbonyl (C=O) groups excluding carboxylic acids is 2. The van der Waals surface area contributed by atoms with Crippen molar-refractivity contribution >= 4 is 40.3 Å². The first-order valence-electron chi connectivity index (χ1n) is 7.28. The number of benzene rings is 2. The number of amides is 1. The van der Waals surface area contributed by atoms with Crippen LogP contribution >= 0.6 is 22.9 Å². The molecule has 0 aliphatic rings. The van der Waals surface area contributed by atoms with Crippen LogP contribution in [0.2, 0.25) is 5.02 Å². The van der Waals surface area contributed by atoms with Crippen molar-refractivity contribution < 1.29 is 9.59 Å². The first-order chi connectivity index (χ1) is 12.1. The number of hydrogen-bond acceptors (Lipinski definition) is 4. The van der Waals surface area contributed by atoms with Crippen LogP contribution in [0.25, 0.3) is 0 Å². The standard InChI is InChI=1S/C19H11ClN2O2S/c20-16-10-13(8-7-12(16)11-21)22-19(24)15-5-2-1-4-14(15)18(23)17-6-3-9-25-17/h1-10H,(H,22,24). The minimum Gasteiger partial charge on any atom is -0.322 e. The van der Waals surface area contributed by atoms with Crippen molar-refractivity contribution in [2.45, 2.75) is 0 Å². The van der Waals surface area contributed by atoms with Crippen molar-refractivity contribution in [3.63, 3.8) is 0 Å². The Bertz CT molecular complexity index is 991. The summed E-state index contributed by atoms with van der Waals surface area (Å²) in [6.07, 6.45) is 0. The van der Waals surface area contributed by atoms with Crippen LogP contribution in [0.5, 0.6) is 0 Å². The molecule has 1 aromatic heterocycles. The predicted molar refractivity (Wildman–Crippen MR) is 98.3 cm³/mol. The maximum atomic E-state index is 12.6. The monoisotopic (exact) mass is 366 g/mol. The molecule has 3 rings (SSSR count). The van der Waals surface area contributed by atoms with Gasteiger partial charge in [0.05, 0.1) is 21.0 Å². The first-order valence-corrected chi connectivity index (χ1v) is 8.54. The molecule has 0 spiro atoms. The largest absolute Gasteiger partial charge is 0.322 e. The highest BCUT2D eigenvalue weighted by Crippen LogP contribution is 2.22. The minimum absolute atomic E-state index is 0.196. The maximum Gasteiger partial charge on any atom is 0.256 e. The van der Waals surface area contributed by atoms with Gasteiger partial charge in [-0.3, -0.25) is 9.59 Å². The predicted octanol–water partition coefficient (Wildman–Crippen LogP) is 4.76. The molecule has 1 amide bonds. The van der Waals surface area contributed by atoms with Gasteiger partial charge in [0.15, 0.2) is 0 Å². The number of halogens is 1. The van der Waals surface area contributed by atoms with Crippen LogP contribution < -0.4 is 5.32 Å². The van der Waals surface area contributed by atoms with E-state index in [0.717, 1.165) is 0 Å². The van der Waals surface area contributed by atoms with Crippen molar-refractivity contribution in [1.82, 2.24) is 0 Å². The van der Waals surface area contributed by atoms with Crippen molar-refractivity contribution in [1.29, 1.82) is 5.26 Å². The van der Waals surface area contributed by atoms with Gasteiger partial charge in [-0.25, -0.2) is 0 Å². The van der Waals surface area contributed by atoms with Crippen LogP contribution in [0.15, 0.2) is 60.0 Å². The third-order valence-electron chi connectivity index (χ3n) is 3.51. The first kappa shape index (κ1) is 16.9. The molecule has 0 aliphatic heterocycles. The molecule has 3 aromatic rings. The molecular formula is C19H11ClN2O2S. The number of hydrogen-bond donors (Lipinski definition) is 1. The molecule has 1 N–H and O–H groups in total. The smallest absolute Gasteiger partial charge is 0.256 e. The highest BCUT2D eigenvalue weighted by Gasteiger charge is 2.19. The molecule has 0 bridgehead atoms. The van der Waals surface area contributed by atoms with E-state index in [4.69, 9.17) is 16.9 Å². The van der Waals surface area contributed by atoms with E-state index in [1.807, 2.05) is 11.4 Å². The Balaban J connectivity index is 1.90. The summed E-state index contributed by atoms with van der Waals surface area (Å²) in [5.41, 5.74) is 1.39. The summed E-state index contributed by atoms with van der Waals surface area (Å²) >= 11 is 7.31. The average Bonchev–Trinajstić information content (AvgIpc) is 3.16. The molecule has 1 heterocycles. The van der Waals surface area contributed by atoms with Gasteiger partial charge in [0, 0.05) is 11.3 Å². The van der Waals surface area contributed by atoms with Crippen LogP contribution in [-0.4, -0.2) is 11.7 Å². The molecule has 0 atom stereocenters. The maximum absolute atomic E-state index is 12.6. The lowest BCUT2D eigenvalue weighted by molar-refractivity contribution is 0.0998. The van der Waals surface area contributed by atoms with Gasteiger partial charge in [0.2, 0.25) is 5.78 Å². The summed E-state index contributed by atoms with van der Waals surface area (Å²) < 4.78 is 0. The van der Waals surface area contributed by atoms with Gasteiger partial charge in [-0.05, 0) is 35.7 Å². The molecule has 0 fully saturated rings. The van der Waals surface area contributed by atoms with Gasteiger partial charge in [-0.1, -0.05) is 35.9 Å². The molecule has 0 saturated heterocycles. The average molecular weight is 367 g/mol. The van der Waals surface area contributed by atoms with Crippen molar-refractivity contribution in [3.8, 4) is 6.07 Å². The third-order valence-corrected chi connectivity index (χ3v) is 4.69. The van der Waals surface area contributed by atoms with E-state index in [1.54, 1.807) is 42.5 Å². The number of ketones is 1. The van der Waals surface area contributed by atoms with Gasteiger partial charge in [0.25, 0.3) is 5.91 Å². The molecule has 0 saturated carbocycles. The Labute approximate surface area is 153 Å². The molecular weight excluding hydrogens is 356 g/mol. The Morgan fingerprint density at radius 3 is 2.44 bits per heavy atom. The summed E-state index contributed by atoms with van der Waals surface area (Å²) in [6, 6.07) is 16.7. The van der Waals surface area contributed by atoms with Gasteiger partial charge in [0.1, 0.15) is 6.07 Å². The van der Waals surface area contributed by atoms with Gasteiger partial charge in [-0.15, -0.1) is 11.3 Å². The molecule has 0 unspecified atom stereocenters.